The standard InChI is InChI=1S/C15H19N3O4S/c1-9-6-12(4-5-13(9)18(20)21)14(19)16-15(23)17-7-10(2)22-11(3)8-17/h4-6,10-11H,7-8H2,1-3H3,(H,16,19,23). The van der Waals surface area contributed by atoms with E-state index in [4.69, 9.17) is 17.0 Å². The van der Waals surface area contributed by atoms with Crippen molar-refractivity contribution in [2.75, 3.05) is 13.1 Å². The molecule has 1 aliphatic heterocycles. The van der Waals surface area contributed by atoms with Crippen LogP contribution in [0.2, 0.25) is 0 Å². The number of nitro benzene ring substituents is 1. The van der Waals surface area contributed by atoms with Crippen LogP contribution in [0.5, 0.6) is 0 Å². The number of nitrogens with zero attached hydrogens (tertiary/aromatic N) is 2. The van der Waals surface area contributed by atoms with E-state index in [0.717, 1.165) is 0 Å². The van der Waals surface area contributed by atoms with Crippen LogP contribution >= 0.6 is 12.2 Å². The molecular formula is C15H19N3O4S. The van der Waals surface area contributed by atoms with Crippen molar-refractivity contribution in [2.45, 2.75) is 33.0 Å². The molecule has 0 bridgehead atoms. The van der Waals surface area contributed by atoms with Crippen LogP contribution in [0.25, 0.3) is 0 Å². The Balaban J connectivity index is 2.05. The van der Waals surface area contributed by atoms with Gasteiger partial charge < -0.3 is 9.64 Å². The molecule has 2 atom stereocenters. The summed E-state index contributed by atoms with van der Waals surface area (Å²) in [4.78, 5) is 24.5. The Bertz CT molecular complexity index is 640. The van der Waals surface area contributed by atoms with Crippen LogP contribution < -0.4 is 5.32 Å². The Kier molecular flexibility index (Phi) is 5.27. The third kappa shape index (κ3) is 4.23. The molecule has 23 heavy (non-hydrogen) atoms. The summed E-state index contributed by atoms with van der Waals surface area (Å²) in [5.74, 6) is -0.375. The summed E-state index contributed by atoms with van der Waals surface area (Å²) in [6, 6.07) is 4.24. The maximum Gasteiger partial charge on any atom is 0.272 e. The molecule has 2 unspecified atom stereocenters. The van der Waals surface area contributed by atoms with Gasteiger partial charge >= 0.3 is 0 Å². The molecule has 1 N–H and O–H groups in total. The maximum absolute atomic E-state index is 12.3. The number of carbonyl (C=O) groups excluding carboxylic acids is 1. The van der Waals surface area contributed by atoms with Gasteiger partial charge in [0.05, 0.1) is 17.1 Å². The fraction of sp³-hybridized carbons (Fsp3) is 0.467. The highest BCUT2D eigenvalue weighted by Gasteiger charge is 2.25. The summed E-state index contributed by atoms with van der Waals surface area (Å²) in [6.45, 7) is 6.73. The van der Waals surface area contributed by atoms with E-state index >= 15 is 0 Å². The van der Waals surface area contributed by atoms with Crippen molar-refractivity contribution in [3.63, 3.8) is 0 Å². The molecule has 1 fully saturated rings. The summed E-state index contributed by atoms with van der Waals surface area (Å²) in [6.07, 6.45) is 0.0745. The predicted octanol–water partition coefficient (Wildman–Crippen LogP) is 2.03. The highest BCUT2D eigenvalue weighted by Crippen LogP contribution is 2.19. The summed E-state index contributed by atoms with van der Waals surface area (Å²) >= 11 is 5.29. The van der Waals surface area contributed by atoms with Crippen molar-refractivity contribution in [1.29, 1.82) is 0 Å². The molecule has 7 nitrogen and oxygen atoms in total. The van der Waals surface area contributed by atoms with Crippen molar-refractivity contribution in [3.05, 3.63) is 39.4 Å². The number of nitro groups is 1. The molecule has 2 rings (SSSR count). The molecule has 0 aliphatic carbocycles. The van der Waals surface area contributed by atoms with Crippen LogP contribution in [0, 0.1) is 17.0 Å². The van der Waals surface area contributed by atoms with E-state index in [1.807, 2.05) is 18.7 Å². The number of amides is 1. The second kappa shape index (κ2) is 7.01. The molecular weight excluding hydrogens is 318 g/mol. The Morgan fingerprint density at radius 1 is 1.39 bits per heavy atom. The summed E-state index contributed by atoms with van der Waals surface area (Å²) in [5.41, 5.74) is 0.756. The maximum atomic E-state index is 12.3. The minimum Gasteiger partial charge on any atom is -0.372 e. The predicted molar refractivity (Wildman–Crippen MR) is 89.5 cm³/mol. The van der Waals surface area contributed by atoms with Crippen molar-refractivity contribution in [1.82, 2.24) is 10.2 Å². The Morgan fingerprint density at radius 3 is 2.52 bits per heavy atom. The number of rotatable bonds is 2. The minimum absolute atomic E-state index is 0.0139. The smallest absolute Gasteiger partial charge is 0.272 e. The minimum atomic E-state index is -0.474. The van der Waals surface area contributed by atoms with E-state index in [1.165, 1.54) is 18.2 Å². The number of aryl methyl sites for hydroxylation is 1. The Morgan fingerprint density at radius 2 is 2.00 bits per heavy atom. The highest BCUT2D eigenvalue weighted by atomic mass is 32.1. The summed E-state index contributed by atoms with van der Waals surface area (Å²) in [5, 5.41) is 13.8. The molecule has 1 amide bonds. The first-order valence-corrected chi connectivity index (χ1v) is 7.69. The average molecular weight is 337 g/mol. The fourth-order valence-electron chi connectivity index (χ4n) is 2.59. The van der Waals surface area contributed by atoms with E-state index in [2.05, 4.69) is 5.32 Å². The van der Waals surface area contributed by atoms with Gasteiger partial charge in [0.15, 0.2) is 5.11 Å². The number of carbonyl (C=O) groups is 1. The zero-order valence-electron chi connectivity index (χ0n) is 13.2. The second-order valence-corrected chi connectivity index (χ2v) is 6.07. The molecule has 1 saturated heterocycles. The third-order valence-corrected chi connectivity index (χ3v) is 3.94. The molecule has 1 aromatic carbocycles. The quantitative estimate of drug-likeness (QED) is 0.505. The van der Waals surface area contributed by atoms with Gasteiger partial charge in [-0.3, -0.25) is 20.2 Å². The van der Waals surface area contributed by atoms with Gasteiger partial charge in [-0.1, -0.05) is 0 Å². The van der Waals surface area contributed by atoms with Gasteiger partial charge in [0.1, 0.15) is 0 Å². The number of hydrogen-bond donors (Lipinski definition) is 1. The number of ether oxygens (including phenoxy) is 1. The number of thiocarbonyl (C=S) groups is 1. The highest BCUT2D eigenvalue weighted by molar-refractivity contribution is 7.80. The molecule has 0 spiro atoms. The average Bonchev–Trinajstić information content (AvgIpc) is 2.45. The summed E-state index contributed by atoms with van der Waals surface area (Å²) in [7, 11) is 0. The van der Waals surface area contributed by atoms with E-state index in [0.29, 0.717) is 29.3 Å². The van der Waals surface area contributed by atoms with Gasteiger partial charge in [-0.15, -0.1) is 0 Å². The van der Waals surface area contributed by atoms with Crippen LogP contribution in [0.4, 0.5) is 5.69 Å². The zero-order chi connectivity index (χ0) is 17.1. The van der Waals surface area contributed by atoms with Crippen LogP contribution in [0.1, 0.15) is 29.8 Å². The topological polar surface area (TPSA) is 84.7 Å². The molecule has 0 aromatic heterocycles. The lowest BCUT2D eigenvalue weighted by molar-refractivity contribution is -0.385. The number of benzene rings is 1. The molecule has 1 aliphatic rings. The number of nitrogens with one attached hydrogen (secondary N) is 1. The van der Waals surface area contributed by atoms with Gasteiger partial charge in [-0.2, -0.15) is 0 Å². The van der Waals surface area contributed by atoms with Crippen molar-refractivity contribution < 1.29 is 14.5 Å². The van der Waals surface area contributed by atoms with E-state index in [9.17, 15) is 14.9 Å². The summed E-state index contributed by atoms with van der Waals surface area (Å²) < 4.78 is 5.63. The van der Waals surface area contributed by atoms with Crippen LogP contribution in [0.15, 0.2) is 18.2 Å². The first-order valence-electron chi connectivity index (χ1n) is 7.28. The molecule has 124 valence electrons. The van der Waals surface area contributed by atoms with Gasteiger partial charge in [0.2, 0.25) is 0 Å². The fourth-order valence-corrected chi connectivity index (χ4v) is 2.84. The third-order valence-electron chi connectivity index (χ3n) is 3.58. The Labute approximate surface area is 139 Å². The number of morpholine rings is 1. The second-order valence-electron chi connectivity index (χ2n) is 5.68. The van der Waals surface area contributed by atoms with Gasteiger partial charge in [0, 0.05) is 30.3 Å². The normalized spacial score (nSPS) is 20.9. The molecule has 1 heterocycles. The first kappa shape index (κ1) is 17.3. The molecule has 1 aromatic rings. The van der Waals surface area contributed by atoms with Gasteiger partial charge in [-0.05, 0) is 45.1 Å². The van der Waals surface area contributed by atoms with E-state index in [1.54, 1.807) is 6.92 Å². The van der Waals surface area contributed by atoms with E-state index in [-0.39, 0.29) is 23.8 Å². The number of hydrogen-bond acceptors (Lipinski definition) is 5. The van der Waals surface area contributed by atoms with Crippen LogP contribution in [-0.4, -0.2) is 46.1 Å². The lowest BCUT2D eigenvalue weighted by atomic mass is 10.1. The lowest BCUT2D eigenvalue weighted by Gasteiger charge is -2.36. The van der Waals surface area contributed by atoms with Crippen molar-refractivity contribution >= 4 is 28.9 Å². The largest absolute Gasteiger partial charge is 0.372 e. The first-order chi connectivity index (χ1) is 10.8. The van der Waals surface area contributed by atoms with Crippen molar-refractivity contribution in [2.24, 2.45) is 0 Å². The van der Waals surface area contributed by atoms with E-state index < -0.39 is 4.92 Å². The lowest BCUT2D eigenvalue weighted by Crippen LogP contribution is -2.52. The zero-order valence-corrected chi connectivity index (χ0v) is 14.1. The monoisotopic (exact) mass is 337 g/mol. The van der Waals surface area contributed by atoms with Crippen LogP contribution in [0.3, 0.4) is 0 Å². The molecule has 0 radical (unpaired) electrons. The Hall–Kier alpha value is -2.06. The van der Waals surface area contributed by atoms with Gasteiger partial charge in [-0.25, -0.2) is 0 Å². The van der Waals surface area contributed by atoms with Gasteiger partial charge in [0.25, 0.3) is 11.6 Å². The molecule has 8 heteroatoms. The SMILES string of the molecule is Cc1cc(C(=O)NC(=S)N2CC(C)OC(C)C2)ccc1[N+](=O)[O-]. The molecule has 0 saturated carbocycles. The van der Waals surface area contributed by atoms with Crippen molar-refractivity contribution in [3.8, 4) is 0 Å². The van der Waals surface area contributed by atoms with Crippen LogP contribution in [-0.2, 0) is 4.74 Å².